The fraction of sp³-hybridized carbons (Fsp3) is 0.360. The lowest BCUT2D eigenvalue weighted by Gasteiger charge is -2.38. The lowest BCUT2D eigenvalue weighted by Crippen LogP contribution is -2.48. The monoisotopic (exact) mass is 412 g/mol. The molecule has 0 atom stereocenters. The number of hydrogen-bond donors (Lipinski definition) is 1. The van der Waals surface area contributed by atoms with E-state index >= 15 is 0 Å². The van der Waals surface area contributed by atoms with Crippen LogP contribution in [0, 0.1) is 10.8 Å². The summed E-state index contributed by atoms with van der Waals surface area (Å²) in [7, 11) is 0. The number of rotatable bonds is 4. The SMILES string of the molecule is CCc1ccc(-c2ccc(C(F)F)cc2)cc1C1=C(O)C(C)(C)C(=O)C(C)(C)C1=O. The first-order valence-electron chi connectivity index (χ1n) is 9.98. The highest BCUT2D eigenvalue weighted by Gasteiger charge is 2.53. The Hall–Kier alpha value is -2.82. The number of aryl methyl sites for hydroxylation is 1. The van der Waals surface area contributed by atoms with Crippen molar-refractivity contribution in [3.63, 3.8) is 0 Å². The zero-order valence-electron chi connectivity index (χ0n) is 17.8. The molecule has 0 unspecified atom stereocenters. The number of aliphatic hydroxyl groups excluding tert-OH is 1. The second-order valence-corrected chi connectivity index (χ2v) is 8.78. The molecule has 0 spiro atoms. The number of benzene rings is 2. The van der Waals surface area contributed by atoms with E-state index in [1.165, 1.54) is 12.1 Å². The summed E-state index contributed by atoms with van der Waals surface area (Å²) >= 11 is 0. The Balaban J connectivity index is 2.22. The Bertz CT molecular complexity index is 1040. The summed E-state index contributed by atoms with van der Waals surface area (Å²) in [6, 6.07) is 11.5. The molecule has 30 heavy (non-hydrogen) atoms. The smallest absolute Gasteiger partial charge is 0.263 e. The number of Topliss-reactive ketones (excluding diaryl/α,β-unsaturated/α-hetero) is 2. The summed E-state index contributed by atoms with van der Waals surface area (Å²) in [4.78, 5) is 26.1. The fourth-order valence-corrected chi connectivity index (χ4v) is 4.09. The normalized spacial score (nSPS) is 18.3. The largest absolute Gasteiger partial charge is 0.510 e. The van der Waals surface area contributed by atoms with E-state index in [0.29, 0.717) is 12.0 Å². The zero-order chi connectivity index (χ0) is 22.4. The van der Waals surface area contributed by atoms with E-state index < -0.39 is 23.0 Å². The molecule has 1 aliphatic carbocycles. The van der Waals surface area contributed by atoms with Crippen LogP contribution in [0.1, 0.15) is 57.7 Å². The molecule has 1 aliphatic rings. The molecule has 0 saturated heterocycles. The molecular weight excluding hydrogens is 386 g/mol. The number of halogens is 2. The fourth-order valence-electron chi connectivity index (χ4n) is 4.09. The standard InChI is InChI=1S/C25H26F2O3/c1-6-14-7-12-17(15-8-10-16(11-9-15)22(26)27)13-18(14)19-20(28)24(2,3)23(30)25(4,5)21(19)29/h7-13,22,28H,6H2,1-5H3. The van der Waals surface area contributed by atoms with Crippen LogP contribution >= 0.6 is 0 Å². The van der Waals surface area contributed by atoms with E-state index in [2.05, 4.69) is 0 Å². The van der Waals surface area contributed by atoms with Crippen molar-refractivity contribution in [2.24, 2.45) is 10.8 Å². The molecule has 0 aromatic heterocycles. The average Bonchev–Trinajstić information content (AvgIpc) is 2.72. The van der Waals surface area contributed by atoms with Gasteiger partial charge >= 0.3 is 0 Å². The summed E-state index contributed by atoms with van der Waals surface area (Å²) in [5, 5.41) is 11.0. The molecule has 158 valence electrons. The molecule has 5 heteroatoms. The Morgan fingerprint density at radius 3 is 2.00 bits per heavy atom. The van der Waals surface area contributed by atoms with Gasteiger partial charge in [-0.25, -0.2) is 8.78 Å². The molecule has 0 saturated carbocycles. The first kappa shape index (κ1) is 21.9. The molecule has 0 amide bonds. The van der Waals surface area contributed by atoms with Gasteiger partial charge in [-0.15, -0.1) is 0 Å². The Morgan fingerprint density at radius 1 is 0.900 bits per heavy atom. The van der Waals surface area contributed by atoms with Gasteiger partial charge in [-0.05, 0) is 62.4 Å². The van der Waals surface area contributed by atoms with Gasteiger partial charge in [-0.2, -0.15) is 0 Å². The van der Waals surface area contributed by atoms with E-state index in [1.807, 2.05) is 19.1 Å². The van der Waals surface area contributed by atoms with Crippen molar-refractivity contribution in [3.8, 4) is 11.1 Å². The highest BCUT2D eigenvalue weighted by molar-refractivity contribution is 6.34. The number of hydrogen-bond acceptors (Lipinski definition) is 3. The van der Waals surface area contributed by atoms with Crippen LogP contribution in [0.25, 0.3) is 16.7 Å². The summed E-state index contributed by atoms with van der Waals surface area (Å²) in [5.41, 5.74) is 0.548. The number of carbonyl (C=O) groups excluding carboxylic acids is 2. The van der Waals surface area contributed by atoms with Crippen LogP contribution in [-0.4, -0.2) is 16.7 Å². The molecule has 0 radical (unpaired) electrons. The number of alkyl halides is 2. The third-order valence-electron chi connectivity index (χ3n) is 6.01. The lowest BCUT2D eigenvalue weighted by atomic mass is 9.62. The van der Waals surface area contributed by atoms with Gasteiger partial charge in [0, 0.05) is 5.56 Å². The van der Waals surface area contributed by atoms with E-state index in [0.717, 1.165) is 16.7 Å². The molecule has 2 aromatic rings. The summed E-state index contributed by atoms with van der Waals surface area (Å²) < 4.78 is 25.7. The summed E-state index contributed by atoms with van der Waals surface area (Å²) in [6.45, 7) is 8.37. The van der Waals surface area contributed by atoms with Gasteiger partial charge in [0.2, 0.25) is 0 Å². The van der Waals surface area contributed by atoms with Crippen molar-refractivity contribution >= 4 is 17.1 Å². The Labute approximate surface area is 175 Å². The van der Waals surface area contributed by atoms with Crippen LogP contribution in [0.2, 0.25) is 0 Å². The maximum atomic E-state index is 13.3. The highest BCUT2D eigenvalue weighted by Crippen LogP contribution is 2.47. The average molecular weight is 412 g/mol. The van der Waals surface area contributed by atoms with Crippen molar-refractivity contribution in [1.29, 1.82) is 0 Å². The maximum Gasteiger partial charge on any atom is 0.263 e. The zero-order valence-corrected chi connectivity index (χ0v) is 17.8. The van der Waals surface area contributed by atoms with Gasteiger partial charge in [0.05, 0.1) is 16.4 Å². The van der Waals surface area contributed by atoms with E-state index in [4.69, 9.17) is 0 Å². The van der Waals surface area contributed by atoms with E-state index in [-0.39, 0.29) is 22.7 Å². The van der Waals surface area contributed by atoms with Crippen LogP contribution in [0.3, 0.4) is 0 Å². The first-order valence-corrected chi connectivity index (χ1v) is 9.98. The van der Waals surface area contributed by atoms with Gasteiger partial charge in [0.25, 0.3) is 6.43 Å². The number of carbonyl (C=O) groups is 2. The van der Waals surface area contributed by atoms with Crippen LogP contribution < -0.4 is 0 Å². The predicted octanol–water partition coefficient (Wildman–Crippen LogP) is 6.33. The molecule has 0 fully saturated rings. The second kappa shape index (κ2) is 7.46. The summed E-state index contributed by atoms with van der Waals surface area (Å²) in [6.07, 6.45) is -1.92. The third kappa shape index (κ3) is 3.36. The molecule has 0 heterocycles. The van der Waals surface area contributed by atoms with Crippen LogP contribution in [0.15, 0.2) is 48.2 Å². The van der Waals surface area contributed by atoms with Crippen molar-refractivity contribution in [3.05, 3.63) is 64.9 Å². The van der Waals surface area contributed by atoms with E-state index in [1.54, 1.807) is 45.9 Å². The van der Waals surface area contributed by atoms with Gasteiger partial charge < -0.3 is 5.11 Å². The van der Waals surface area contributed by atoms with Gasteiger partial charge in [0.15, 0.2) is 11.6 Å². The van der Waals surface area contributed by atoms with Crippen molar-refractivity contribution in [2.75, 3.05) is 0 Å². The minimum absolute atomic E-state index is 0.0611. The van der Waals surface area contributed by atoms with Crippen LogP contribution in [0.5, 0.6) is 0 Å². The number of ketones is 2. The molecule has 0 aliphatic heterocycles. The topological polar surface area (TPSA) is 54.4 Å². The minimum atomic E-state index is -2.54. The maximum absolute atomic E-state index is 13.3. The van der Waals surface area contributed by atoms with Gasteiger partial charge in [-0.3, -0.25) is 9.59 Å². The Kier molecular flexibility index (Phi) is 5.44. The lowest BCUT2D eigenvalue weighted by molar-refractivity contribution is -0.143. The predicted molar refractivity (Wildman–Crippen MR) is 113 cm³/mol. The second-order valence-electron chi connectivity index (χ2n) is 8.78. The number of allylic oxidation sites excluding steroid dienone is 2. The first-order chi connectivity index (χ1) is 13.9. The van der Waals surface area contributed by atoms with Crippen molar-refractivity contribution in [1.82, 2.24) is 0 Å². The molecule has 3 rings (SSSR count). The molecular formula is C25H26F2O3. The molecule has 1 N–H and O–H groups in total. The highest BCUT2D eigenvalue weighted by atomic mass is 19.3. The van der Waals surface area contributed by atoms with Crippen LogP contribution in [-0.2, 0) is 16.0 Å². The molecule has 0 bridgehead atoms. The number of aliphatic hydroxyl groups is 1. The quantitative estimate of drug-likeness (QED) is 0.597. The molecule has 2 aromatic carbocycles. The van der Waals surface area contributed by atoms with Crippen molar-refractivity contribution in [2.45, 2.75) is 47.5 Å². The van der Waals surface area contributed by atoms with Gasteiger partial charge in [0.1, 0.15) is 5.76 Å². The molecule has 3 nitrogen and oxygen atoms in total. The van der Waals surface area contributed by atoms with E-state index in [9.17, 15) is 23.5 Å². The minimum Gasteiger partial charge on any atom is -0.510 e. The van der Waals surface area contributed by atoms with Crippen molar-refractivity contribution < 1.29 is 23.5 Å². The Morgan fingerprint density at radius 2 is 1.47 bits per heavy atom. The third-order valence-corrected chi connectivity index (χ3v) is 6.01. The van der Waals surface area contributed by atoms with Crippen LogP contribution in [0.4, 0.5) is 8.78 Å². The van der Waals surface area contributed by atoms with Gasteiger partial charge in [-0.1, -0.05) is 43.3 Å². The summed E-state index contributed by atoms with van der Waals surface area (Å²) in [5.74, 6) is -0.959.